The van der Waals surface area contributed by atoms with E-state index in [2.05, 4.69) is 15.5 Å². The maximum atomic E-state index is 13.6. The third-order valence-corrected chi connectivity index (χ3v) is 3.84. The summed E-state index contributed by atoms with van der Waals surface area (Å²) >= 11 is 1.84. The topological polar surface area (TPSA) is 51.0 Å². The van der Waals surface area contributed by atoms with Crippen molar-refractivity contribution >= 4 is 11.8 Å². The van der Waals surface area contributed by atoms with Gasteiger partial charge in [0.1, 0.15) is 5.82 Å². The lowest BCUT2D eigenvalue weighted by Gasteiger charge is -2.19. The first-order valence-electron chi connectivity index (χ1n) is 5.74. The van der Waals surface area contributed by atoms with E-state index < -0.39 is 0 Å². The zero-order valence-electron chi connectivity index (χ0n) is 9.60. The van der Waals surface area contributed by atoms with Gasteiger partial charge in [-0.2, -0.15) is 16.7 Å². The lowest BCUT2D eigenvalue weighted by Crippen LogP contribution is -2.30. The van der Waals surface area contributed by atoms with Crippen LogP contribution in [0.5, 0.6) is 0 Å². The maximum absolute atomic E-state index is 13.6. The minimum absolute atomic E-state index is 0.0665. The normalized spacial score (nSPS) is 19.9. The Morgan fingerprint density at radius 3 is 3.06 bits per heavy atom. The van der Waals surface area contributed by atoms with Crippen LogP contribution in [0, 0.1) is 5.82 Å². The maximum Gasteiger partial charge on any atom is 0.244 e. The largest absolute Gasteiger partial charge is 0.337 e. The number of halogens is 1. The number of aromatic nitrogens is 2. The number of thioether (sulfide) groups is 1. The third-order valence-electron chi connectivity index (χ3n) is 2.78. The second kappa shape index (κ2) is 5.07. The summed E-state index contributed by atoms with van der Waals surface area (Å²) in [6.45, 7) is 0.923. The number of nitrogens with zero attached hydrogens (tertiary/aromatic N) is 2. The summed E-state index contributed by atoms with van der Waals surface area (Å²) in [5.74, 6) is 2.49. The summed E-state index contributed by atoms with van der Waals surface area (Å²) in [6.07, 6.45) is 0. The molecule has 0 bridgehead atoms. The van der Waals surface area contributed by atoms with E-state index >= 15 is 0 Å². The van der Waals surface area contributed by atoms with Crippen molar-refractivity contribution in [2.75, 3.05) is 18.1 Å². The molecule has 1 saturated heterocycles. The molecular formula is C12H12FN3OS. The number of benzene rings is 1. The van der Waals surface area contributed by atoms with Crippen molar-refractivity contribution in [3.63, 3.8) is 0 Å². The molecule has 1 atom stereocenters. The molecule has 1 fully saturated rings. The summed E-state index contributed by atoms with van der Waals surface area (Å²) < 4.78 is 18.8. The molecular weight excluding hydrogens is 253 g/mol. The molecule has 2 heterocycles. The Kier molecular flexibility index (Phi) is 3.29. The average molecular weight is 265 g/mol. The van der Waals surface area contributed by atoms with Crippen LogP contribution in [0.3, 0.4) is 0 Å². The smallest absolute Gasteiger partial charge is 0.244 e. The van der Waals surface area contributed by atoms with Crippen LogP contribution in [0.25, 0.3) is 11.4 Å². The van der Waals surface area contributed by atoms with Crippen LogP contribution >= 0.6 is 11.8 Å². The molecule has 0 saturated carbocycles. The van der Waals surface area contributed by atoms with E-state index in [0.717, 1.165) is 18.1 Å². The van der Waals surface area contributed by atoms with E-state index in [1.807, 2.05) is 11.8 Å². The summed E-state index contributed by atoms with van der Waals surface area (Å²) in [4.78, 5) is 4.27. The lowest BCUT2D eigenvalue weighted by atomic mass is 10.2. The molecule has 2 aromatic rings. The standard InChI is InChI=1S/C12H12FN3OS/c13-9-4-2-1-3-8(9)11-15-12(17-16-11)10-7-18-6-5-14-10/h1-4,10,14H,5-7H2. The van der Waals surface area contributed by atoms with Crippen LogP contribution in [-0.2, 0) is 0 Å². The van der Waals surface area contributed by atoms with Gasteiger partial charge in [-0.25, -0.2) is 4.39 Å². The van der Waals surface area contributed by atoms with Crippen LogP contribution in [0.15, 0.2) is 28.8 Å². The molecule has 6 heteroatoms. The van der Waals surface area contributed by atoms with Gasteiger partial charge >= 0.3 is 0 Å². The van der Waals surface area contributed by atoms with Crippen LogP contribution in [0.4, 0.5) is 4.39 Å². The molecule has 18 heavy (non-hydrogen) atoms. The molecule has 1 aliphatic heterocycles. The zero-order valence-corrected chi connectivity index (χ0v) is 10.4. The first kappa shape index (κ1) is 11.7. The van der Waals surface area contributed by atoms with Gasteiger partial charge in [-0.05, 0) is 12.1 Å². The predicted molar refractivity (Wildman–Crippen MR) is 67.8 cm³/mol. The second-order valence-corrected chi connectivity index (χ2v) is 5.17. The molecule has 0 aliphatic carbocycles. The quantitative estimate of drug-likeness (QED) is 0.902. The lowest BCUT2D eigenvalue weighted by molar-refractivity contribution is 0.342. The Hall–Kier alpha value is -1.40. The highest BCUT2D eigenvalue weighted by atomic mass is 32.2. The van der Waals surface area contributed by atoms with Crippen molar-refractivity contribution in [1.29, 1.82) is 0 Å². The summed E-state index contributed by atoms with van der Waals surface area (Å²) in [6, 6.07) is 6.49. The van der Waals surface area contributed by atoms with Gasteiger partial charge in [0, 0.05) is 18.1 Å². The summed E-state index contributed by atoms with van der Waals surface area (Å²) in [5.41, 5.74) is 0.371. The molecule has 1 N–H and O–H groups in total. The second-order valence-electron chi connectivity index (χ2n) is 4.02. The van der Waals surface area contributed by atoms with Crippen molar-refractivity contribution in [2.45, 2.75) is 6.04 Å². The number of rotatable bonds is 2. The Bertz CT molecular complexity index is 540. The monoisotopic (exact) mass is 265 g/mol. The fourth-order valence-electron chi connectivity index (χ4n) is 1.85. The first-order chi connectivity index (χ1) is 8.84. The van der Waals surface area contributed by atoms with E-state index in [9.17, 15) is 4.39 Å². The van der Waals surface area contributed by atoms with Crippen LogP contribution < -0.4 is 5.32 Å². The van der Waals surface area contributed by atoms with Crippen molar-refractivity contribution in [3.05, 3.63) is 36.0 Å². The minimum Gasteiger partial charge on any atom is -0.337 e. The molecule has 0 radical (unpaired) electrons. The van der Waals surface area contributed by atoms with E-state index in [0.29, 0.717) is 17.3 Å². The van der Waals surface area contributed by atoms with Gasteiger partial charge < -0.3 is 9.84 Å². The highest BCUT2D eigenvalue weighted by molar-refractivity contribution is 7.99. The van der Waals surface area contributed by atoms with Gasteiger partial charge in [-0.15, -0.1) is 0 Å². The van der Waals surface area contributed by atoms with Gasteiger partial charge in [0.2, 0.25) is 11.7 Å². The number of hydrogen-bond donors (Lipinski definition) is 1. The zero-order chi connectivity index (χ0) is 12.4. The van der Waals surface area contributed by atoms with Crippen molar-refractivity contribution in [2.24, 2.45) is 0 Å². The molecule has 1 aromatic carbocycles. The molecule has 1 aliphatic rings. The molecule has 4 nitrogen and oxygen atoms in total. The van der Waals surface area contributed by atoms with Crippen LogP contribution in [-0.4, -0.2) is 28.2 Å². The van der Waals surface area contributed by atoms with Crippen LogP contribution in [0.1, 0.15) is 11.9 Å². The molecule has 3 rings (SSSR count). The molecule has 1 aromatic heterocycles. The number of nitrogens with one attached hydrogen (secondary N) is 1. The van der Waals surface area contributed by atoms with Gasteiger partial charge in [-0.1, -0.05) is 17.3 Å². The van der Waals surface area contributed by atoms with E-state index in [1.54, 1.807) is 18.2 Å². The Morgan fingerprint density at radius 1 is 1.39 bits per heavy atom. The fraction of sp³-hybridized carbons (Fsp3) is 0.333. The van der Waals surface area contributed by atoms with E-state index in [1.165, 1.54) is 6.07 Å². The average Bonchev–Trinajstić information content (AvgIpc) is 2.90. The minimum atomic E-state index is -0.337. The molecule has 0 amide bonds. The van der Waals surface area contributed by atoms with Crippen molar-refractivity contribution in [1.82, 2.24) is 15.5 Å². The van der Waals surface area contributed by atoms with Gasteiger partial charge in [0.25, 0.3) is 0 Å². The highest BCUT2D eigenvalue weighted by Crippen LogP contribution is 2.24. The van der Waals surface area contributed by atoms with Crippen molar-refractivity contribution < 1.29 is 8.91 Å². The van der Waals surface area contributed by atoms with Crippen LogP contribution in [0.2, 0.25) is 0 Å². The Balaban J connectivity index is 1.87. The summed E-state index contributed by atoms with van der Waals surface area (Å²) in [7, 11) is 0. The van der Waals surface area contributed by atoms with Gasteiger partial charge in [0.05, 0.1) is 11.6 Å². The molecule has 0 spiro atoms. The van der Waals surface area contributed by atoms with E-state index in [-0.39, 0.29) is 11.9 Å². The Labute approximate surface area is 108 Å². The number of hydrogen-bond acceptors (Lipinski definition) is 5. The van der Waals surface area contributed by atoms with E-state index in [4.69, 9.17) is 4.52 Å². The predicted octanol–water partition coefficient (Wildman–Crippen LogP) is 2.25. The van der Waals surface area contributed by atoms with Crippen molar-refractivity contribution in [3.8, 4) is 11.4 Å². The van der Waals surface area contributed by atoms with Gasteiger partial charge in [-0.3, -0.25) is 0 Å². The SMILES string of the molecule is Fc1ccccc1-c1noc(C2CSCCN2)n1. The first-order valence-corrected chi connectivity index (χ1v) is 6.90. The molecule has 1 unspecified atom stereocenters. The highest BCUT2D eigenvalue weighted by Gasteiger charge is 2.22. The molecule has 94 valence electrons. The third kappa shape index (κ3) is 2.26. The Morgan fingerprint density at radius 2 is 2.28 bits per heavy atom. The summed E-state index contributed by atoms with van der Waals surface area (Å²) in [5, 5.41) is 7.15. The van der Waals surface area contributed by atoms with Gasteiger partial charge in [0.15, 0.2) is 0 Å². The fourth-order valence-corrected chi connectivity index (χ4v) is 2.78.